The van der Waals surface area contributed by atoms with Crippen molar-refractivity contribution in [3.63, 3.8) is 0 Å². The van der Waals surface area contributed by atoms with E-state index in [0.717, 1.165) is 23.6 Å². The highest BCUT2D eigenvalue weighted by atomic mass is 127. The first-order valence-electron chi connectivity index (χ1n) is 8.19. The Morgan fingerprint density at radius 1 is 1.23 bits per heavy atom. The van der Waals surface area contributed by atoms with Crippen molar-refractivity contribution in [3.8, 4) is 11.5 Å². The fourth-order valence-corrected chi connectivity index (χ4v) is 4.11. The third-order valence-electron chi connectivity index (χ3n) is 4.19. The highest BCUT2D eigenvalue weighted by Crippen LogP contribution is 2.36. The van der Waals surface area contributed by atoms with Crippen molar-refractivity contribution < 1.29 is 9.47 Å². The summed E-state index contributed by atoms with van der Waals surface area (Å²) in [5.41, 5.74) is 9.62. The monoisotopic (exact) mass is 485 g/mol. The van der Waals surface area contributed by atoms with E-state index in [1.165, 1.54) is 11.1 Å². The molecule has 2 aromatic carbocycles. The largest absolute Gasteiger partial charge is 0.497 e. The van der Waals surface area contributed by atoms with E-state index in [-0.39, 0.29) is 24.0 Å². The Morgan fingerprint density at radius 3 is 2.81 bits per heavy atom. The van der Waals surface area contributed by atoms with Gasteiger partial charge in [-0.3, -0.25) is 4.99 Å². The van der Waals surface area contributed by atoms with Crippen molar-refractivity contribution in [2.24, 2.45) is 10.7 Å². The Kier molecular flexibility index (Phi) is 7.89. The van der Waals surface area contributed by atoms with Crippen molar-refractivity contribution in [3.05, 3.63) is 53.6 Å². The van der Waals surface area contributed by atoms with E-state index < -0.39 is 0 Å². The predicted molar refractivity (Wildman–Crippen MR) is 120 cm³/mol. The van der Waals surface area contributed by atoms with Gasteiger partial charge in [0.05, 0.1) is 26.5 Å². The van der Waals surface area contributed by atoms with Gasteiger partial charge in [0.15, 0.2) is 5.96 Å². The number of aryl methyl sites for hydroxylation is 1. The lowest BCUT2D eigenvalue weighted by Crippen LogP contribution is -2.24. The number of rotatable bonds is 5. The number of nitrogens with two attached hydrogens (primary N) is 1. The van der Waals surface area contributed by atoms with Crippen LogP contribution in [-0.2, 0) is 6.42 Å². The molecule has 0 fully saturated rings. The Bertz CT molecular complexity index is 770. The van der Waals surface area contributed by atoms with Crippen molar-refractivity contribution in [1.82, 2.24) is 0 Å². The average molecular weight is 485 g/mol. The van der Waals surface area contributed by atoms with Gasteiger partial charge in [-0.15, -0.1) is 24.0 Å². The number of thioether (sulfide) groups is 1. The fourth-order valence-electron chi connectivity index (χ4n) is 2.90. The summed E-state index contributed by atoms with van der Waals surface area (Å²) in [4.78, 5) is 4.54. The smallest absolute Gasteiger partial charge is 0.193 e. The predicted octanol–water partition coefficient (Wildman–Crippen LogP) is 4.08. The molecule has 1 unspecified atom stereocenters. The van der Waals surface area contributed by atoms with Crippen molar-refractivity contribution in [1.29, 1.82) is 0 Å². The Hall–Kier alpha value is -1.61. The van der Waals surface area contributed by atoms with Gasteiger partial charge in [-0.2, -0.15) is 11.8 Å². The van der Waals surface area contributed by atoms with Gasteiger partial charge in [-0.1, -0.05) is 24.3 Å². The van der Waals surface area contributed by atoms with Crippen LogP contribution < -0.4 is 20.5 Å². The SMILES string of the molecule is COc1ccc(OC)c(NC(N)=NCC2SCCc3ccccc32)c1.I. The standard InChI is InChI=1S/C19H23N3O2S.HI/c1-23-14-7-8-17(24-2)16(11-14)22-19(20)21-12-18-15-6-4-3-5-13(15)9-10-25-18;/h3-8,11,18H,9-10,12H2,1-2H3,(H3,20,21,22);1H. The summed E-state index contributed by atoms with van der Waals surface area (Å²) in [6.45, 7) is 0.646. The molecule has 0 saturated carbocycles. The summed E-state index contributed by atoms with van der Waals surface area (Å²) >= 11 is 1.93. The average Bonchev–Trinajstić information content (AvgIpc) is 2.66. The van der Waals surface area contributed by atoms with E-state index in [2.05, 4.69) is 34.6 Å². The van der Waals surface area contributed by atoms with Crippen LogP contribution in [0.1, 0.15) is 16.4 Å². The molecule has 0 spiro atoms. The number of halogens is 1. The molecule has 5 nitrogen and oxygen atoms in total. The molecule has 0 saturated heterocycles. The van der Waals surface area contributed by atoms with Gasteiger partial charge in [0.1, 0.15) is 11.5 Å². The van der Waals surface area contributed by atoms with Gasteiger partial charge in [-0.05, 0) is 35.4 Å². The molecule has 1 heterocycles. The molecule has 0 aliphatic carbocycles. The first-order chi connectivity index (χ1) is 12.2. The number of nitrogens with zero attached hydrogens (tertiary/aromatic N) is 1. The molecular formula is C19H24IN3O2S. The Balaban J connectivity index is 0.00000243. The van der Waals surface area contributed by atoms with Gasteiger partial charge in [0.2, 0.25) is 0 Å². The quantitative estimate of drug-likeness (QED) is 0.380. The Labute approximate surface area is 175 Å². The number of nitrogens with one attached hydrogen (secondary N) is 1. The summed E-state index contributed by atoms with van der Waals surface area (Å²) in [5.74, 6) is 2.91. The maximum Gasteiger partial charge on any atom is 0.193 e. The number of benzene rings is 2. The molecule has 0 radical (unpaired) electrons. The van der Waals surface area contributed by atoms with E-state index in [9.17, 15) is 0 Å². The number of hydrogen-bond donors (Lipinski definition) is 2. The fraction of sp³-hybridized carbons (Fsp3) is 0.316. The van der Waals surface area contributed by atoms with Crippen LogP contribution in [0.3, 0.4) is 0 Å². The molecular weight excluding hydrogens is 461 g/mol. The third-order valence-corrected chi connectivity index (χ3v) is 5.43. The zero-order valence-corrected chi connectivity index (χ0v) is 18.0. The van der Waals surface area contributed by atoms with Crippen LogP contribution in [0.4, 0.5) is 5.69 Å². The van der Waals surface area contributed by atoms with E-state index in [0.29, 0.717) is 23.5 Å². The summed E-state index contributed by atoms with van der Waals surface area (Å²) < 4.78 is 10.6. The van der Waals surface area contributed by atoms with Crippen molar-refractivity contribution in [2.45, 2.75) is 11.7 Å². The van der Waals surface area contributed by atoms with Gasteiger partial charge in [0.25, 0.3) is 0 Å². The number of guanidine groups is 1. The van der Waals surface area contributed by atoms with E-state index >= 15 is 0 Å². The number of ether oxygens (including phenoxy) is 2. The zero-order valence-electron chi connectivity index (χ0n) is 14.9. The summed E-state index contributed by atoms with van der Waals surface area (Å²) in [7, 11) is 3.25. The molecule has 7 heteroatoms. The summed E-state index contributed by atoms with van der Waals surface area (Å²) in [6, 6.07) is 14.1. The lowest BCUT2D eigenvalue weighted by atomic mass is 10.0. The first kappa shape index (κ1) is 20.7. The molecule has 1 aliphatic heterocycles. The minimum Gasteiger partial charge on any atom is -0.497 e. The van der Waals surface area contributed by atoms with Gasteiger partial charge < -0.3 is 20.5 Å². The molecule has 0 amide bonds. The minimum atomic E-state index is 0. The lowest BCUT2D eigenvalue weighted by molar-refractivity contribution is 0.405. The van der Waals surface area contributed by atoms with Crippen LogP contribution in [-0.4, -0.2) is 32.5 Å². The number of anilines is 1. The first-order valence-corrected chi connectivity index (χ1v) is 9.24. The zero-order chi connectivity index (χ0) is 17.6. The normalized spacial score (nSPS) is 16.2. The second-order valence-corrected chi connectivity index (χ2v) is 7.04. The number of hydrogen-bond acceptors (Lipinski definition) is 4. The molecule has 1 aliphatic rings. The second kappa shape index (κ2) is 9.91. The molecule has 1 atom stereocenters. The van der Waals surface area contributed by atoms with Crippen LogP contribution in [0.15, 0.2) is 47.5 Å². The van der Waals surface area contributed by atoms with Crippen LogP contribution in [0.25, 0.3) is 0 Å². The number of aliphatic imine (C=N–C) groups is 1. The molecule has 3 rings (SSSR count). The topological polar surface area (TPSA) is 68.9 Å². The second-order valence-electron chi connectivity index (χ2n) is 5.73. The molecule has 0 aromatic heterocycles. The number of fused-ring (bicyclic) bond motifs is 1. The summed E-state index contributed by atoms with van der Waals surface area (Å²) in [5, 5.41) is 3.46. The Morgan fingerprint density at radius 2 is 2.04 bits per heavy atom. The van der Waals surface area contributed by atoms with Crippen molar-refractivity contribution >= 4 is 47.4 Å². The van der Waals surface area contributed by atoms with Crippen LogP contribution >= 0.6 is 35.7 Å². The summed E-state index contributed by atoms with van der Waals surface area (Å²) in [6.07, 6.45) is 1.12. The van der Waals surface area contributed by atoms with Gasteiger partial charge in [-0.25, -0.2) is 0 Å². The molecule has 140 valence electrons. The van der Waals surface area contributed by atoms with Crippen LogP contribution in [0.5, 0.6) is 11.5 Å². The van der Waals surface area contributed by atoms with Gasteiger partial charge >= 0.3 is 0 Å². The highest BCUT2D eigenvalue weighted by Gasteiger charge is 2.19. The van der Waals surface area contributed by atoms with E-state index in [1.54, 1.807) is 14.2 Å². The highest BCUT2D eigenvalue weighted by molar-refractivity contribution is 14.0. The lowest BCUT2D eigenvalue weighted by Gasteiger charge is -2.23. The van der Waals surface area contributed by atoms with Crippen LogP contribution in [0.2, 0.25) is 0 Å². The van der Waals surface area contributed by atoms with Crippen molar-refractivity contribution in [2.75, 3.05) is 31.8 Å². The molecule has 26 heavy (non-hydrogen) atoms. The molecule has 3 N–H and O–H groups in total. The van der Waals surface area contributed by atoms with E-state index in [4.69, 9.17) is 15.2 Å². The maximum absolute atomic E-state index is 6.09. The molecule has 2 aromatic rings. The number of methoxy groups -OCH3 is 2. The maximum atomic E-state index is 6.09. The van der Waals surface area contributed by atoms with E-state index in [1.807, 2.05) is 30.0 Å². The van der Waals surface area contributed by atoms with Crippen LogP contribution in [0, 0.1) is 0 Å². The molecule has 0 bridgehead atoms. The van der Waals surface area contributed by atoms with Gasteiger partial charge in [0, 0.05) is 11.3 Å². The minimum absolute atomic E-state index is 0. The third kappa shape index (κ3) is 4.97.